The van der Waals surface area contributed by atoms with Gasteiger partial charge in [0.1, 0.15) is 0 Å². The van der Waals surface area contributed by atoms with E-state index in [1.807, 2.05) is 0 Å². The summed E-state index contributed by atoms with van der Waals surface area (Å²) in [5.41, 5.74) is 3.35. The van der Waals surface area contributed by atoms with Gasteiger partial charge in [-0.1, -0.05) is 51.5 Å². The molecule has 2 heteroatoms. The molecule has 0 unspecified atom stereocenters. The van der Waals surface area contributed by atoms with Gasteiger partial charge in [-0.05, 0) is 49.4 Å². The highest BCUT2D eigenvalue weighted by atomic mass is 15.2. The molecule has 0 bridgehead atoms. The first-order chi connectivity index (χ1) is 10.5. The van der Waals surface area contributed by atoms with Crippen LogP contribution < -0.4 is 0 Å². The quantitative estimate of drug-likeness (QED) is 0.755. The second-order valence-electron chi connectivity index (χ2n) is 7.80. The lowest BCUT2D eigenvalue weighted by Gasteiger charge is -2.35. The van der Waals surface area contributed by atoms with E-state index in [-0.39, 0.29) is 0 Å². The first-order valence-electron chi connectivity index (χ1n) is 8.97. The summed E-state index contributed by atoms with van der Waals surface area (Å²) < 4.78 is 0. The maximum absolute atomic E-state index is 2.63. The molecule has 2 nitrogen and oxygen atoms in total. The number of benzene rings is 1. The standard InChI is InChI=1S/C20H34N2/c1-5-6-18-7-9-19(10-8-18)17-20(2,3)11-12-22-15-13-21(4)14-16-22/h7-10H,5-6,11-17H2,1-4H3. The van der Waals surface area contributed by atoms with Crippen LogP contribution in [0.2, 0.25) is 0 Å². The van der Waals surface area contributed by atoms with Crippen molar-refractivity contribution in [3.63, 3.8) is 0 Å². The zero-order valence-corrected chi connectivity index (χ0v) is 15.1. The summed E-state index contributed by atoms with van der Waals surface area (Å²) in [5, 5.41) is 0. The Kier molecular flexibility index (Phi) is 6.46. The smallest absolute Gasteiger partial charge is 0.0110 e. The van der Waals surface area contributed by atoms with Crippen LogP contribution in [-0.2, 0) is 12.8 Å². The van der Waals surface area contributed by atoms with Gasteiger partial charge < -0.3 is 9.80 Å². The normalized spacial score (nSPS) is 17.8. The number of hydrogen-bond acceptors (Lipinski definition) is 2. The molecule has 1 aromatic rings. The predicted octanol–water partition coefficient (Wildman–Crippen LogP) is 3.85. The second kappa shape index (κ2) is 8.12. The Bertz CT molecular complexity index is 428. The molecule has 0 radical (unpaired) electrons. The largest absolute Gasteiger partial charge is 0.304 e. The fraction of sp³-hybridized carbons (Fsp3) is 0.700. The zero-order chi connectivity index (χ0) is 16.0. The molecule has 0 amide bonds. The van der Waals surface area contributed by atoms with Gasteiger partial charge in [0.25, 0.3) is 0 Å². The highest BCUT2D eigenvalue weighted by molar-refractivity contribution is 5.23. The minimum absolute atomic E-state index is 0.385. The van der Waals surface area contributed by atoms with Gasteiger partial charge >= 0.3 is 0 Å². The van der Waals surface area contributed by atoms with Gasteiger partial charge in [0.2, 0.25) is 0 Å². The topological polar surface area (TPSA) is 6.48 Å². The molecule has 1 saturated heterocycles. The molecular weight excluding hydrogens is 268 g/mol. The lowest BCUT2D eigenvalue weighted by molar-refractivity contribution is 0.136. The van der Waals surface area contributed by atoms with E-state index in [9.17, 15) is 0 Å². The Morgan fingerprint density at radius 3 is 2.14 bits per heavy atom. The Labute approximate surface area is 137 Å². The molecule has 0 N–H and O–H groups in total. The molecule has 2 rings (SSSR count). The summed E-state index contributed by atoms with van der Waals surface area (Å²) in [5.74, 6) is 0. The van der Waals surface area contributed by atoms with E-state index < -0.39 is 0 Å². The number of piperazine rings is 1. The van der Waals surface area contributed by atoms with E-state index in [1.54, 1.807) is 0 Å². The molecule has 0 spiro atoms. The van der Waals surface area contributed by atoms with Crippen LogP contribution in [0.3, 0.4) is 0 Å². The molecular formula is C20H34N2. The van der Waals surface area contributed by atoms with Crippen LogP contribution in [0.25, 0.3) is 0 Å². The van der Waals surface area contributed by atoms with Gasteiger partial charge in [-0.2, -0.15) is 0 Å². The van der Waals surface area contributed by atoms with Crippen molar-refractivity contribution in [2.24, 2.45) is 5.41 Å². The maximum atomic E-state index is 2.63. The lowest BCUT2D eigenvalue weighted by Crippen LogP contribution is -2.45. The van der Waals surface area contributed by atoms with Crippen LogP contribution in [-0.4, -0.2) is 49.6 Å². The molecule has 0 aromatic heterocycles. The van der Waals surface area contributed by atoms with Crippen LogP contribution in [0.4, 0.5) is 0 Å². The van der Waals surface area contributed by atoms with Crippen molar-refractivity contribution in [3.05, 3.63) is 35.4 Å². The summed E-state index contributed by atoms with van der Waals surface area (Å²) in [6.45, 7) is 13.2. The molecule has 0 atom stereocenters. The van der Waals surface area contributed by atoms with E-state index in [1.165, 1.54) is 69.5 Å². The van der Waals surface area contributed by atoms with E-state index in [4.69, 9.17) is 0 Å². The van der Waals surface area contributed by atoms with Crippen molar-refractivity contribution in [3.8, 4) is 0 Å². The van der Waals surface area contributed by atoms with Crippen LogP contribution in [0.1, 0.15) is 44.7 Å². The molecule has 124 valence electrons. The van der Waals surface area contributed by atoms with Gasteiger partial charge in [-0.15, -0.1) is 0 Å². The van der Waals surface area contributed by atoms with E-state index >= 15 is 0 Å². The molecule has 22 heavy (non-hydrogen) atoms. The lowest BCUT2D eigenvalue weighted by atomic mass is 9.82. The zero-order valence-electron chi connectivity index (χ0n) is 15.1. The van der Waals surface area contributed by atoms with Crippen LogP contribution >= 0.6 is 0 Å². The molecule has 1 aliphatic heterocycles. The number of hydrogen-bond donors (Lipinski definition) is 0. The first-order valence-corrected chi connectivity index (χ1v) is 8.97. The third-order valence-corrected chi connectivity index (χ3v) is 4.95. The first kappa shape index (κ1) is 17.5. The summed E-state index contributed by atoms with van der Waals surface area (Å²) >= 11 is 0. The van der Waals surface area contributed by atoms with Crippen LogP contribution in [0.15, 0.2) is 24.3 Å². The summed E-state index contributed by atoms with van der Waals surface area (Å²) in [7, 11) is 2.23. The van der Waals surface area contributed by atoms with Gasteiger partial charge in [0, 0.05) is 26.2 Å². The fourth-order valence-corrected chi connectivity index (χ4v) is 3.29. The highest BCUT2D eigenvalue weighted by Gasteiger charge is 2.21. The summed E-state index contributed by atoms with van der Waals surface area (Å²) in [6, 6.07) is 9.30. The number of nitrogens with zero attached hydrogens (tertiary/aromatic N) is 2. The minimum Gasteiger partial charge on any atom is -0.304 e. The monoisotopic (exact) mass is 302 g/mol. The Balaban J connectivity index is 1.79. The Hall–Kier alpha value is -0.860. The molecule has 0 aliphatic carbocycles. The SMILES string of the molecule is CCCc1ccc(CC(C)(C)CCN2CCN(C)CC2)cc1. The second-order valence-corrected chi connectivity index (χ2v) is 7.80. The summed E-state index contributed by atoms with van der Waals surface area (Å²) in [6.07, 6.45) is 4.91. The van der Waals surface area contributed by atoms with Gasteiger partial charge in [-0.3, -0.25) is 0 Å². The van der Waals surface area contributed by atoms with E-state index in [0.29, 0.717) is 5.41 Å². The Morgan fingerprint density at radius 2 is 1.55 bits per heavy atom. The van der Waals surface area contributed by atoms with Crippen LogP contribution in [0.5, 0.6) is 0 Å². The highest BCUT2D eigenvalue weighted by Crippen LogP contribution is 2.26. The molecule has 1 fully saturated rings. The van der Waals surface area contributed by atoms with Crippen molar-refractivity contribution >= 4 is 0 Å². The van der Waals surface area contributed by atoms with Crippen molar-refractivity contribution in [2.45, 2.75) is 46.5 Å². The number of likely N-dealkylation sites (N-methyl/N-ethyl adjacent to an activating group) is 1. The van der Waals surface area contributed by atoms with E-state index in [0.717, 1.165) is 0 Å². The van der Waals surface area contributed by atoms with Gasteiger partial charge in [0.15, 0.2) is 0 Å². The fourth-order valence-electron chi connectivity index (χ4n) is 3.29. The maximum Gasteiger partial charge on any atom is 0.0110 e. The van der Waals surface area contributed by atoms with Crippen molar-refractivity contribution in [2.75, 3.05) is 39.8 Å². The van der Waals surface area contributed by atoms with Crippen LogP contribution in [0, 0.1) is 5.41 Å². The average Bonchev–Trinajstić information content (AvgIpc) is 2.49. The Morgan fingerprint density at radius 1 is 0.955 bits per heavy atom. The third kappa shape index (κ3) is 5.73. The van der Waals surface area contributed by atoms with E-state index in [2.05, 4.69) is 61.9 Å². The van der Waals surface area contributed by atoms with Crippen molar-refractivity contribution < 1.29 is 0 Å². The van der Waals surface area contributed by atoms with Gasteiger partial charge in [0.05, 0.1) is 0 Å². The predicted molar refractivity (Wildman–Crippen MR) is 96.5 cm³/mol. The molecule has 0 saturated carbocycles. The molecule has 1 heterocycles. The number of rotatable bonds is 7. The minimum atomic E-state index is 0.385. The van der Waals surface area contributed by atoms with Gasteiger partial charge in [-0.25, -0.2) is 0 Å². The third-order valence-electron chi connectivity index (χ3n) is 4.95. The summed E-state index contributed by atoms with van der Waals surface area (Å²) in [4.78, 5) is 5.06. The average molecular weight is 303 g/mol. The molecule has 1 aromatic carbocycles. The van der Waals surface area contributed by atoms with Crippen molar-refractivity contribution in [1.29, 1.82) is 0 Å². The molecule has 1 aliphatic rings. The number of aryl methyl sites for hydroxylation is 1. The van der Waals surface area contributed by atoms with Crippen molar-refractivity contribution in [1.82, 2.24) is 9.80 Å².